The summed E-state index contributed by atoms with van der Waals surface area (Å²) in [5, 5.41) is 0. The lowest BCUT2D eigenvalue weighted by Gasteiger charge is -2.08. The van der Waals surface area contributed by atoms with Gasteiger partial charge in [-0.3, -0.25) is 0 Å². The van der Waals surface area contributed by atoms with Crippen molar-refractivity contribution in [3.8, 4) is 0 Å². The van der Waals surface area contributed by atoms with Gasteiger partial charge in [0.1, 0.15) is 17.9 Å². The molecule has 0 fully saturated rings. The summed E-state index contributed by atoms with van der Waals surface area (Å²) in [4.78, 5) is 37.2. The first kappa shape index (κ1) is 19.2. The number of benzene rings is 1. The maximum Gasteiger partial charge on any atom is 0.355 e. The minimum atomic E-state index is -0.799. The summed E-state index contributed by atoms with van der Waals surface area (Å²) in [7, 11) is 3.97. The van der Waals surface area contributed by atoms with Gasteiger partial charge in [-0.1, -0.05) is 37.3 Å². The number of hydrogen-bond acceptors (Lipinski definition) is 6. The van der Waals surface area contributed by atoms with Gasteiger partial charge < -0.3 is 18.8 Å². The van der Waals surface area contributed by atoms with Crippen molar-refractivity contribution in [3.05, 3.63) is 58.4 Å². The SMILES string of the molecule is CCc1c(C(=O)OCc2ccccc2)c(C(=O)OC)c(C(=O)OC)n1C. The molecule has 1 aromatic heterocycles. The normalized spacial score (nSPS) is 10.3. The zero-order chi connectivity index (χ0) is 19.3. The Bertz CT molecular complexity index is 822. The van der Waals surface area contributed by atoms with Crippen LogP contribution in [0.4, 0.5) is 0 Å². The van der Waals surface area contributed by atoms with Crippen LogP contribution in [0, 0.1) is 0 Å². The molecule has 7 heteroatoms. The van der Waals surface area contributed by atoms with Gasteiger partial charge in [-0.25, -0.2) is 14.4 Å². The summed E-state index contributed by atoms with van der Waals surface area (Å²) in [6.07, 6.45) is 0.410. The Kier molecular flexibility index (Phi) is 6.16. The summed E-state index contributed by atoms with van der Waals surface area (Å²) < 4.78 is 16.4. The van der Waals surface area contributed by atoms with E-state index in [0.717, 1.165) is 5.56 Å². The maximum atomic E-state index is 12.7. The molecule has 0 aliphatic heterocycles. The van der Waals surface area contributed by atoms with Crippen LogP contribution in [0.3, 0.4) is 0 Å². The first-order valence-corrected chi connectivity index (χ1v) is 8.05. The fraction of sp³-hybridized carbons (Fsp3) is 0.316. The Morgan fingerprint density at radius 2 is 1.54 bits per heavy atom. The minimum absolute atomic E-state index is 0.0261. The number of carbonyl (C=O) groups excluding carboxylic acids is 3. The molecular weight excluding hydrogens is 338 g/mol. The number of nitrogens with zero attached hydrogens (tertiary/aromatic N) is 1. The third-order valence-electron chi connectivity index (χ3n) is 4.04. The molecule has 0 unspecified atom stereocenters. The smallest absolute Gasteiger partial charge is 0.355 e. The van der Waals surface area contributed by atoms with Gasteiger partial charge >= 0.3 is 17.9 Å². The van der Waals surface area contributed by atoms with E-state index in [4.69, 9.17) is 14.2 Å². The standard InChI is InChI=1S/C19H21NO6/c1-5-13-14(18(22)26-11-12-9-7-6-8-10-12)15(17(21)24-3)16(20(13)2)19(23)25-4/h6-10H,5,11H2,1-4H3. The van der Waals surface area contributed by atoms with Crippen LogP contribution in [-0.2, 0) is 34.3 Å². The maximum absolute atomic E-state index is 12.7. The van der Waals surface area contributed by atoms with E-state index in [2.05, 4.69) is 0 Å². The summed E-state index contributed by atoms with van der Waals surface area (Å²) in [6.45, 7) is 1.86. The van der Waals surface area contributed by atoms with E-state index in [1.807, 2.05) is 37.3 Å². The van der Waals surface area contributed by atoms with Crippen LogP contribution in [0.1, 0.15) is 49.4 Å². The van der Waals surface area contributed by atoms with E-state index >= 15 is 0 Å². The molecule has 2 rings (SSSR count). The van der Waals surface area contributed by atoms with Crippen LogP contribution in [-0.4, -0.2) is 36.7 Å². The fourth-order valence-corrected chi connectivity index (χ4v) is 2.80. The Morgan fingerprint density at radius 3 is 2.08 bits per heavy atom. The van der Waals surface area contributed by atoms with E-state index in [-0.39, 0.29) is 23.4 Å². The van der Waals surface area contributed by atoms with Crippen molar-refractivity contribution in [1.29, 1.82) is 0 Å². The Morgan fingerprint density at radius 1 is 0.923 bits per heavy atom. The molecule has 0 radical (unpaired) electrons. The van der Waals surface area contributed by atoms with Crippen LogP contribution in [0.25, 0.3) is 0 Å². The van der Waals surface area contributed by atoms with Gasteiger partial charge in [0, 0.05) is 12.7 Å². The molecule has 0 atom stereocenters. The third-order valence-corrected chi connectivity index (χ3v) is 4.04. The van der Waals surface area contributed by atoms with Crippen molar-refractivity contribution in [3.63, 3.8) is 0 Å². The number of carbonyl (C=O) groups is 3. The Balaban J connectivity index is 2.49. The lowest BCUT2D eigenvalue weighted by atomic mass is 10.1. The van der Waals surface area contributed by atoms with Crippen LogP contribution in [0.15, 0.2) is 30.3 Å². The number of hydrogen-bond donors (Lipinski definition) is 0. The molecule has 1 heterocycles. The second-order valence-electron chi connectivity index (χ2n) is 5.50. The average Bonchev–Trinajstić information content (AvgIpc) is 2.97. The second kappa shape index (κ2) is 8.33. The van der Waals surface area contributed by atoms with E-state index in [1.54, 1.807) is 7.05 Å². The zero-order valence-corrected chi connectivity index (χ0v) is 15.2. The van der Waals surface area contributed by atoms with E-state index in [1.165, 1.54) is 18.8 Å². The van der Waals surface area contributed by atoms with Crippen molar-refractivity contribution in [2.24, 2.45) is 7.05 Å². The predicted octanol–water partition coefficient (Wildman–Crippen LogP) is 2.52. The second-order valence-corrected chi connectivity index (χ2v) is 5.50. The number of rotatable bonds is 6. The summed E-state index contributed by atoms with van der Waals surface area (Å²) in [6, 6.07) is 9.16. The Hall–Kier alpha value is -3.09. The number of ether oxygens (including phenoxy) is 3. The van der Waals surface area contributed by atoms with Crippen LogP contribution >= 0.6 is 0 Å². The van der Waals surface area contributed by atoms with E-state index < -0.39 is 17.9 Å². The molecule has 1 aromatic carbocycles. The first-order chi connectivity index (χ1) is 12.5. The molecule has 0 aliphatic carbocycles. The van der Waals surface area contributed by atoms with Crippen molar-refractivity contribution >= 4 is 17.9 Å². The molecule has 26 heavy (non-hydrogen) atoms. The highest BCUT2D eigenvalue weighted by molar-refractivity contribution is 6.11. The fourth-order valence-electron chi connectivity index (χ4n) is 2.80. The Labute approximate surface area is 151 Å². The van der Waals surface area contributed by atoms with Gasteiger partial charge in [0.2, 0.25) is 0 Å². The molecule has 0 N–H and O–H groups in total. The van der Waals surface area contributed by atoms with Crippen molar-refractivity contribution in [2.75, 3.05) is 14.2 Å². The van der Waals surface area contributed by atoms with Gasteiger partial charge in [0.15, 0.2) is 0 Å². The average molecular weight is 359 g/mol. The topological polar surface area (TPSA) is 83.8 Å². The predicted molar refractivity (Wildman–Crippen MR) is 93.0 cm³/mol. The van der Waals surface area contributed by atoms with Crippen LogP contribution < -0.4 is 0 Å². The van der Waals surface area contributed by atoms with Gasteiger partial charge in [-0.05, 0) is 12.0 Å². The molecule has 138 valence electrons. The van der Waals surface area contributed by atoms with Crippen LogP contribution in [0.2, 0.25) is 0 Å². The summed E-state index contributed by atoms with van der Waals surface area (Å²) in [5.41, 5.74) is 1.14. The summed E-state index contributed by atoms with van der Waals surface area (Å²) >= 11 is 0. The summed E-state index contributed by atoms with van der Waals surface area (Å²) in [5.74, 6) is -2.23. The highest BCUT2D eigenvalue weighted by Crippen LogP contribution is 2.26. The lowest BCUT2D eigenvalue weighted by Crippen LogP contribution is -2.16. The molecule has 0 aliphatic rings. The minimum Gasteiger partial charge on any atom is -0.465 e. The monoisotopic (exact) mass is 359 g/mol. The third kappa shape index (κ3) is 3.61. The molecule has 0 bridgehead atoms. The number of methoxy groups -OCH3 is 2. The van der Waals surface area contributed by atoms with Gasteiger partial charge in [-0.2, -0.15) is 0 Å². The van der Waals surface area contributed by atoms with Gasteiger partial charge in [-0.15, -0.1) is 0 Å². The number of aromatic nitrogens is 1. The molecular formula is C19H21NO6. The highest BCUT2D eigenvalue weighted by atomic mass is 16.5. The molecule has 0 saturated carbocycles. The zero-order valence-electron chi connectivity index (χ0n) is 15.2. The first-order valence-electron chi connectivity index (χ1n) is 8.05. The van der Waals surface area contributed by atoms with E-state index in [9.17, 15) is 14.4 Å². The van der Waals surface area contributed by atoms with E-state index in [0.29, 0.717) is 12.1 Å². The molecule has 0 amide bonds. The quantitative estimate of drug-likeness (QED) is 0.582. The highest BCUT2D eigenvalue weighted by Gasteiger charge is 2.34. The molecule has 2 aromatic rings. The van der Waals surface area contributed by atoms with Gasteiger partial charge in [0.05, 0.1) is 19.8 Å². The molecule has 0 spiro atoms. The molecule has 0 saturated heterocycles. The molecule has 7 nitrogen and oxygen atoms in total. The van der Waals surface area contributed by atoms with Crippen molar-refractivity contribution in [1.82, 2.24) is 4.57 Å². The van der Waals surface area contributed by atoms with Gasteiger partial charge in [0.25, 0.3) is 0 Å². The lowest BCUT2D eigenvalue weighted by molar-refractivity contribution is 0.0456. The van der Waals surface area contributed by atoms with Crippen molar-refractivity contribution in [2.45, 2.75) is 20.0 Å². The van der Waals surface area contributed by atoms with Crippen molar-refractivity contribution < 1.29 is 28.6 Å². The largest absolute Gasteiger partial charge is 0.465 e. The van der Waals surface area contributed by atoms with Crippen LogP contribution in [0.5, 0.6) is 0 Å². The number of esters is 3.